The van der Waals surface area contributed by atoms with Crippen molar-refractivity contribution in [3.05, 3.63) is 15.1 Å². The molecule has 0 aliphatic heterocycles. The van der Waals surface area contributed by atoms with Gasteiger partial charge in [-0.1, -0.05) is 0 Å². The van der Waals surface area contributed by atoms with Crippen molar-refractivity contribution < 1.29 is 9.47 Å². The van der Waals surface area contributed by atoms with Crippen LogP contribution in [0, 0.1) is 3.57 Å². The first-order valence-corrected chi connectivity index (χ1v) is 5.98. The Morgan fingerprint density at radius 1 is 1.38 bits per heavy atom. The van der Waals surface area contributed by atoms with E-state index >= 15 is 0 Å². The van der Waals surface area contributed by atoms with Crippen molar-refractivity contribution in [1.29, 1.82) is 0 Å². The largest absolute Gasteiger partial charge is 0.383 e. The van der Waals surface area contributed by atoms with Crippen LogP contribution in [0.25, 0.3) is 0 Å². The number of nitrogens with two attached hydrogens (primary N) is 1. The van der Waals surface area contributed by atoms with E-state index in [4.69, 9.17) is 15.2 Å². The molecule has 90 valence electrons. The zero-order chi connectivity index (χ0) is 12.1. The van der Waals surface area contributed by atoms with Crippen LogP contribution in [0.2, 0.25) is 0 Å². The number of aromatic nitrogens is 2. The number of anilines is 1. The highest BCUT2D eigenvalue weighted by Gasteiger charge is 2.12. The van der Waals surface area contributed by atoms with Gasteiger partial charge in [-0.3, -0.25) is 0 Å². The molecule has 0 spiro atoms. The summed E-state index contributed by atoms with van der Waals surface area (Å²) < 4.78 is 11.1. The third-order valence-electron chi connectivity index (χ3n) is 2.15. The average molecular weight is 337 g/mol. The first-order chi connectivity index (χ1) is 7.58. The van der Waals surface area contributed by atoms with Crippen LogP contribution in [0.5, 0.6) is 0 Å². The van der Waals surface area contributed by atoms with E-state index in [-0.39, 0.29) is 6.10 Å². The van der Waals surface area contributed by atoms with Crippen LogP contribution >= 0.6 is 22.6 Å². The number of halogens is 1. The zero-order valence-electron chi connectivity index (χ0n) is 9.66. The lowest BCUT2D eigenvalue weighted by molar-refractivity contribution is 0.116. The van der Waals surface area contributed by atoms with Gasteiger partial charge in [0.2, 0.25) is 0 Å². The van der Waals surface area contributed by atoms with Gasteiger partial charge in [-0.15, -0.1) is 0 Å². The maximum atomic E-state index is 5.81. The molecule has 0 aromatic carbocycles. The number of ether oxygens (including phenoxy) is 2. The lowest BCUT2D eigenvalue weighted by atomic mass is 10.2. The summed E-state index contributed by atoms with van der Waals surface area (Å²) in [5.41, 5.74) is 6.64. The molecular formula is C10H16IN3O2. The molecule has 0 bridgehead atoms. The second-order valence-corrected chi connectivity index (χ2v) is 4.55. The van der Waals surface area contributed by atoms with E-state index in [1.54, 1.807) is 14.2 Å². The number of hydrogen-bond donors (Lipinski definition) is 1. The lowest BCUT2D eigenvalue weighted by Crippen LogP contribution is -2.14. The Labute approximate surface area is 109 Å². The molecule has 0 amide bonds. The molecule has 0 aliphatic carbocycles. The number of hydrogen-bond acceptors (Lipinski definition) is 5. The number of methoxy groups -OCH3 is 2. The smallest absolute Gasteiger partial charge is 0.140 e. The molecule has 1 unspecified atom stereocenters. The Kier molecular flexibility index (Phi) is 5.36. The van der Waals surface area contributed by atoms with E-state index in [0.717, 1.165) is 9.26 Å². The highest BCUT2D eigenvalue weighted by molar-refractivity contribution is 14.1. The Balaban J connectivity index is 2.94. The van der Waals surface area contributed by atoms with Gasteiger partial charge in [0.15, 0.2) is 0 Å². The van der Waals surface area contributed by atoms with Crippen LogP contribution in [0.3, 0.4) is 0 Å². The highest BCUT2D eigenvalue weighted by Crippen LogP contribution is 2.17. The third-order valence-corrected chi connectivity index (χ3v) is 3.32. The maximum absolute atomic E-state index is 5.81. The van der Waals surface area contributed by atoms with Crippen LogP contribution in [-0.4, -0.2) is 30.3 Å². The van der Waals surface area contributed by atoms with Crippen molar-refractivity contribution in [2.75, 3.05) is 20.0 Å². The highest BCUT2D eigenvalue weighted by atomic mass is 127. The van der Waals surface area contributed by atoms with Gasteiger partial charge in [0.05, 0.1) is 22.0 Å². The third kappa shape index (κ3) is 3.53. The molecule has 1 rings (SSSR count). The molecule has 1 aromatic rings. The van der Waals surface area contributed by atoms with Gasteiger partial charge in [0.1, 0.15) is 11.6 Å². The maximum Gasteiger partial charge on any atom is 0.140 e. The van der Waals surface area contributed by atoms with Crippen LogP contribution in [0.1, 0.15) is 18.4 Å². The SMILES string of the molecule is COCc1nc(CC(C)OC)nc(N)c1I. The Bertz CT molecular complexity index is 360. The molecule has 0 fully saturated rings. The van der Waals surface area contributed by atoms with Crippen LogP contribution < -0.4 is 5.73 Å². The predicted octanol–water partition coefficient (Wildman–Crippen LogP) is 1.39. The van der Waals surface area contributed by atoms with E-state index in [1.165, 1.54) is 0 Å². The van der Waals surface area contributed by atoms with E-state index < -0.39 is 0 Å². The fraction of sp³-hybridized carbons (Fsp3) is 0.600. The summed E-state index contributed by atoms with van der Waals surface area (Å²) in [5, 5.41) is 0. The number of nitrogen functional groups attached to an aromatic ring is 1. The van der Waals surface area contributed by atoms with Crippen molar-refractivity contribution in [2.45, 2.75) is 26.1 Å². The molecule has 2 N–H and O–H groups in total. The van der Waals surface area contributed by atoms with Gasteiger partial charge < -0.3 is 15.2 Å². The summed E-state index contributed by atoms with van der Waals surface area (Å²) in [6.07, 6.45) is 0.726. The van der Waals surface area contributed by atoms with Crippen LogP contribution in [-0.2, 0) is 22.5 Å². The summed E-state index contributed by atoms with van der Waals surface area (Å²) in [6, 6.07) is 0. The van der Waals surface area contributed by atoms with E-state index in [9.17, 15) is 0 Å². The first-order valence-electron chi connectivity index (χ1n) is 4.91. The van der Waals surface area contributed by atoms with Gasteiger partial charge in [0, 0.05) is 20.6 Å². The molecule has 16 heavy (non-hydrogen) atoms. The molecule has 0 aliphatic rings. The van der Waals surface area contributed by atoms with Gasteiger partial charge in [-0.25, -0.2) is 9.97 Å². The number of nitrogens with zero attached hydrogens (tertiary/aromatic N) is 2. The minimum absolute atomic E-state index is 0.0786. The molecule has 1 atom stereocenters. The monoisotopic (exact) mass is 337 g/mol. The predicted molar refractivity (Wildman–Crippen MR) is 70.0 cm³/mol. The molecular weight excluding hydrogens is 321 g/mol. The summed E-state index contributed by atoms with van der Waals surface area (Å²) in [6.45, 7) is 2.41. The Morgan fingerprint density at radius 3 is 2.62 bits per heavy atom. The zero-order valence-corrected chi connectivity index (χ0v) is 11.8. The van der Waals surface area contributed by atoms with Crippen molar-refractivity contribution in [1.82, 2.24) is 9.97 Å². The van der Waals surface area contributed by atoms with E-state index in [2.05, 4.69) is 32.6 Å². The molecule has 5 nitrogen and oxygen atoms in total. The molecule has 0 radical (unpaired) electrons. The van der Waals surface area contributed by atoms with Crippen molar-refractivity contribution in [3.63, 3.8) is 0 Å². The number of rotatable bonds is 5. The summed E-state index contributed by atoms with van der Waals surface area (Å²) >= 11 is 2.13. The normalized spacial score (nSPS) is 12.8. The van der Waals surface area contributed by atoms with Gasteiger partial charge in [-0.2, -0.15) is 0 Å². The topological polar surface area (TPSA) is 70.3 Å². The van der Waals surface area contributed by atoms with Crippen LogP contribution in [0.15, 0.2) is 0 Å². The van der Waals surface area contributed by atoms with E-state index in [1.807, 2.05) is 6.92 Å². The second-order valence-electron chi connectivity index (χ2n) is 3.47. The van der Waals surface area contributed by atoms with E-state index in [0.29, 0.717) is 24.7 Å². The average Bonchev–Trinajstić information content (AvgIpc) is 2.25. The molecule has 0 saturated heterocycles. The summed E-state index contributed by atoms with van der Waals surface area (Å²) in [4.78, 5) is 8.63. The summed E-state index contributed by atoms with van der Waals surface area (Å²) in [5.74, 6) is 1.19. The van der Waals surface area contributed by atoms with Gasteiger partial charge in [0.25, 0.3) is 0 Å². The molecule has 1 heterocycles. The molecule has 1 aromatic heterocycles. The fourth-order valence-corrected chi connectivity index (χ4v) is 1.63. The minimum atomic E-state index is 0.0786. The molecule has 0 saturated carbocycles. The fourth-order valence-electron chi connectivity index (χ4n) is 1.23. The van der Waals surface area contributed by atoms with Gasteiger partial charge >= 0.3 is 0 Å². The second kappa shape index (κ2) is 6.31. The standard InChI is InChI=1S/C10H16IN3O2/c1-6(16-3)4-8-13-7(5-15-2)9(11)10(12)14-8/h6H,4-5H2,1-3H3,(H2,12,13,14). The van der Waals surface area contributed by atoms with Crippen molar-refractivity contribution in [3.8, 4) is 0 Å². The first kappa shape index (κ1) is 13.6. The minimum Gasteiger partial charge on any atom is -0.383 e. The van der Waals surface area contributed by atoms with Crippen LogP contribution in [0.4, 0.5) is 5.82 Å². The van der Waals surface area contributed by atoms with Crippen molar-refractivity contribution >= 4 is 28.4 Å². The van der Waals surface area contributed by atoms with Gasteiger partial charge in [-0.05, 0) is 29.5 Å². The molecule has 6 heteroatoms. The van der Waals surface area contributed by atoms with Crippen molar-refractivity contribution in [2.24, 2.45) is 0 Å². The quantitative estimate of drug-likeness (QED) is 0.823. The Hall–Kier alpha value is -0.470. The Morgan fingerprint density at radius 2 is 2.06 bits per heavy atom. The summed E-state index contributed by atoms with van der Waals surface area (Å²) in [7, 11) is 3.29. The lowest BCUT2D eigenvalue weighted by Gasteiger charge is -2.11.